The van der Waals surface area contributed by atoms with Gasteiger partial charge in [0.2, 0.25) is 12.2 Å². The molecule has 2 aromatic rings. The van der Waals surface area contributed by atoms with E-state index in [4.69, 9.17) is 47.5 Å². The van der Waals surface area contributed by atoms with Crippen LogP contribution in [-0.4, -0.2) is 204 Å². The molecule has 18 atom stereocenters. The van der Waals surface area contributed by atoms with Crippen molar-refractivity contribution in [2.45, 2.75) is 197 Å². The number of carboxylic acid groups (broad SMARTS) is 1. The van der Waals surface area contributed by atoms with E-state index in [1.165, 1.54) is 39.1 Å². The number of aryl methyl sites for hydroxylation is 2. The van der Waals surface area contributed by atoms with Gasteiger partial charge in [-0.1, -0.05) is 32.9 Å². The monoisotopic (exact) mass is 1150 g/mol. The molecule has 3 fully saturated rings. The average molecular weight is 1150 g/mol. The number of esters is 1. The average Bonchev–Trinajstić information content (AvgIpc) is 4.02. The van der Waals surface area contributed by atoms with E-state index in [2.05, 4.69) is 10.5 Å². The van der Waals surface area contributed by atoms with Crippen LogP contribution >= 0.6 is 11.8 Å². The van der Waals surface area contributed by atoms with Gasteiger partial charge in [-0.15, -0.1) is 11.8 Å². The van der Waals surface area contributed by atoms with E-state index >= 15 is 0 Å². The zero-order chi connectivity index (χ0) is 59.2. The van der Waals surface area contributed by atoms with Gasteiger partial charge < -0.3 is 87.8 Å². The molecule has 1 aromatic heterocycles. The molecule has 24 heteroatoms. The Morgan fingerprint density at radius 3 is 2.33 bits per heavy atom. The van der Waals surface area contributed by atoms with Crippen molar-refractivity contribution >= 4 is 46.4 Å². The molecule has 0 spiro atoms. The number of aromatic carboxylic acids is 1. The highest BCUT2D eigenvalue weighted by Crippen LogP contribution is 2.42. The molecule has 1 unspecified atom stereocenters. The number of ether oxygens (including phenoxy) is 9. The van der Waals surface area contributed by atoms with Crippen molar-refractivity contribution in [3.63, 3.8) is 0 Å². The van der Waals surface area contributed by atoms with Crippen LogP contribution < -0.4 is 10.7 Å². The fourth-order valence-corrected chi connectivity index (χ4v) is 13.0. The highest BCUT2D eigenvalue weighted by molar-refractivity contribution is 7.99. The molecule has 0 bridgehead atoms. The molecule has 4 aliphatic heterocycles. The first-order chi connectivity index (χ1) is 37.6. The lowest BCUT2D eigenvalue weighted by molar-refractivity contribution is -0.317. The van der Waals surface area contributed by atoms with E-state index in [1.807, 2.05) is 36.6 Å². The molecular weight excluding hydrogens is 1060 g/mol. The number of oxime groups is 1. The second kappa shape index (κ2) is 27.6. The first-order valence-corrected chi connectivity index (χ1v) is 28.7. The first kappa shape index (κ1) is 65.1. The van der Waals surface area contributed by atoms with Gasteiger partial charge in [-0.3, -0.25) is 9.59 Å². The van der Waals surface area contributed by atoms with Gasteiger partial charge in [-0.25, -0.2) is 9.59 Å². The lowest BCUT2D eigenvalue weighted by Gasteiger charge is -2.49. The number of cyclic esters (lactones) is 1. The third kappa shape index (κ3) is 14.8. The van der Waals surface area contributed by atoms with E-state index in [-0.39, 0.29) is 62.6 Å². The molecule has 6 N–H and O–H groups in total. The number of aliphatic hydroxyl groups is 4. The molecule has 1 aromatic carbocycles. The lowest BCUT2D eigenvalue weighted by atomic mass is 9.73. The number of aromatic nitrogens is 1. The van der Waals surface area contributed by atoms with Crippen LogP contribution in [0.1, 0.15) is 111 Å². The van der Waals surface area contributed by atoms with Gasteiger partial charge in [-0.05, 0) is 99.0 Å². The number of hydrogen-bond acceptors (Lipinski definition) is 21. The van der Waals surface area contributed by atoms with Crippen LogP contribution in [0.2, 0.25) is 0 Å². The Morgan fingerprint density at radius 2 is 1.68 bits per heavy atom. The van der Waals surface area contributed by atoms with Crippen LogP contribution in [0, 0.1) is 23.7 Å². The molecule has 80 heavy (non-hydrogen) atoms. The van der Waals surface area contributed by atoms with Crippen LogP contribution in [0.15, 0.2) is 33.2 Å². The van der Waals surface area contributed by atoms with Crippen LogP contribution in [0.5, 0.6) is 0 Å². The molecule has 0 aliphatic carbocycles. The van der Waals surface area contributed by atoms with E-state index in [0.29, 0.717) is 37.1 Å². The lowest BCUT2D eigenvalue weighted by Crippen LogP contribution is -2.61. The normalized spacial score (nSPS) is 36.9. The summed E-state index contributed by atoms with van der Waals surface area (Å²) in [5, 5.41) is 65.8. The van der Waals surface area contributed by atoms with E-state index in [1.54, 1.807) is 61.5 Å². The van der Waals surface area contributed by atoms with Gasteiger partial charge in [0, 0.05) is 79.8 Å². The quantitative estimate of drug-likeness (QED) is 0.0376. The number of methoxy groups -OCH3 is 2. The summed E-state index contributed by atoms with van der Waals surface area (Å²) < 4.78 is 57.4. The van der Waals surface area contributed by atoms with Crippen molar-refractivity contribution in [2.75, 3.05) is 60.6 Å². The number of carbonyl (C=O) groups excluding carboxylic acids is 2. The molecule has 452 valence electrons. The summed E-state index contributed by atoms with van der Waals surface area (Å²) >= 11 is 1.48. The second-order valence-corrected chi connectivity index (χ2v) is 24.2. The molecule has 6 rings (SSSR count). The molecule has 5 heterocycles. The maximum absolute atomic E-state index is 14.6. The number of pyridine rings is 1. The zero-order valence-corrected chi connectivity index (χ0v) is 49.7. The van der Waals surface area contributed by atoms with Crippen molar-refractivity contribution in [1.82, 2.24) is 14.8 Å². The van der Waals surface area contributed by atoms with Crippen molar-refractivity contribution in [3.8, 4) is 0 Å². The van der Waals surface area contributed by atoms with Crippen LogP contribution in [0.4, 0.5) is 4.79 Å². The minimum atomic E-state index is -2.02. The van der Waals surface area contributed by atoms with Gasteiger partial charge >= 0.3 is 18.0 Å². The Kier molecular flexibility index (Phi) is 22.5. The summed E-state index contributed by atoms with van der Waals surface area (Å²) in [5.74, 6) is -5.16. The number of nitrogens with one attached hydrogen (secondary N) is 1. The highest BCUT2D eigenvalue weighted by Gasteiger charge is 2.54. The topological polar surface area (TPSA) is 294 Å². The summed E-state index contributed by atoms with van der Waals surface area (Å²) in [7, 11) is 6.59. The SMILES string of the molecule is CC[C@H]1OC(=O)[C@H](C)[C@@H](O[C@H]2C[C@@](C)(OC)[C@@H](OC(=O)NCCOCCSc3cc4c5c(c3)c(=O)c(C(=O)O)cn5CC4)[C@H](C)O2)[C@H](C)[C@@H](OC2O[C@H](C)C[C@H](N(C)C)[C@H]2O)[C@](C)(O)C[C@@H](C)/C(=N\OCOC)[C@H](C)[C@@H](O)[C@]1(C)O. The van der Waals surface area contributed by atoms with Gasteiger partial charge in [-0.2, -0.15) is 0 Å². The Balaban J connectivity index is 1.18. The third-order valence-corrected chi connectivity index (χ3v) is 17.4. The fourth-order valence-electron chi connectivity index (χ4n) is 12.1. The number of thioether (sulfide) groups is 1. The summed E-state index contributed by atoms with van der Waals surface area (Å²) in [6, 6.07) is 3.37. The number of carboxylic acids is 1. The number of rotatable bonds is 19. The summed E-state index contributed by atoms with van der Waals surface area (Å²) in [4.78, 5) is 60.9. The number of hydrogen-bond donors (Lipinski definition) is 6. The van der Waals surface area contributed by atoms with Crippen molar-refractivity contribution in [2.24, 2.45) is 28.8 Å². The minimum Gasteiger partial charge on any atom is -0.477 e. The maximum atomic E-state index is 14.6. The third-order valence-electron chi connectivity index (χ3n) is 16.5. The number of alkyl carbamates (subject to hydrolysis) is 1. The van der Waals surface area contributed by atoms with Crippen molar-refractivity contribution < 1.29 is 87.4 Å². The summed E-state index contributed by atoms with van der Waals surface area (Å²) in [5.41, 5.74) is -3.81. The standard InChI is InChI=1S/C56H88N4O19S/c1-15-40-56(10,69)47(63)31(4)42(58-73-28-70-13)29(2)25-54(8,68)48(78-52-45(62)39(59(11)12)22-30(3)74-52)32(5)46(33(6)51(66)76-40)77-41-26-55(9,71-14)49(34(7)75-41)79-53(67)57-17-19-72-20-21-80-36-23-35-16-18-60-27-38(50(64)65)44(61)37(24-36)43(35)60/h23-24,27,29-34,39-41,45-49,52,62-63,68-69H,15-22,25-26,28H2,1-14H3,(H,57,67)(H,64,65)/b58-42+/t29-,30-,31+,32+,33-,34+,39+,40-,41+,45-,46+,47-,48-,49+,52?,54-,55-,56-/m1/s1. The molecular formula is C56H88N4O19S. The number of aliphatic hydroxyl groups excluding tert-OH is 2. The Hall–Kier alpha value is -4.02. The Morgan fingerprint density at radius 1 is 0.963 bits per heavy atom. The van der Waals surface area contributed by atoms with Gasteiger partial charge in [0.1, 0.15) is 29.0 Å². The largest absolute Gasteiger partial charge is 0.477 e. The molecule has 23 nitrogen and oxygen atoms in total. The predicted molar refractivity (Wildman–Crippen MR) is 294 cm³/mol. The zero-order valence-electron chi connectivity index (χ0n) is 48.9. The summed E-state index contributed by atoms with van der Waals surface area (Å²) in [6.45, 7) is 17.7. The minimum absolute atomic E-state index is 0.0176. The predicted octanol–water partition coefficient (Wildman–Crippen LogP) is 4.31. The first-order valence-electron chi connectivity index (χ1n) is 27.7. The van der Waals surface area contributed by atoms with E-state index in [0.717, 1.165) is 16.0 Å². The molecule has 1 amide bonds. The van der Waals surface area contributed by atoms with Crippen LogP contribution in [0.25, 0.3) is 10.9 Å². The summed E-state index contributed by atoms with van der Waals surface area (Å²) in [6.07, 6.45) is -9.06. The van der Waals surface area contributed by atoms with E-state index < -0.39 is 119 Å². The number of amides is 1. The Labute approximate surface area is 473 Å². The molecule has 4 aliphatic rings. The second-order valence-electron chi connectivity index (χ2n) is 23.0. The number of carbonyl (C=O) groups is 3. The van der Waals surface area contributed by atoms with Gasteiger partial charge in [0.05, 0.1) is 66.5 Å². The van der Waals surface area contributed by atoms with Crippen LogP contribution in [0.3, 0.4) is 0 Å². The number of likely N-dealkylation sites (N-methyl/N-ethyl adjacent to an activating group) is 1. The van der Waals surface area contributed by atoms with E-state index in [9.17, 15) is 44.7 Å². The van der Waals surface area contributed by atoms with Crippen molar-refractivity contribution in [1.29, 1.82) is 0 Å². The smallest absolute Gasteiger partial charge is 0.407 e. The molecule has 0 saturated carbocycles. The highest BCUT2D eigenvalue weighted by atomic mass is 32.2. The van der Waals surface area contributed by atoms with Crippen molar-refractivity contribution in [3.05, 3.63) is 39.7 Å². The number of benzene rings is 1. The fraction of sp³-hybridized carbons (Fsp3) is 0.768. The molecule has 3 saturated heterocycles. The van der Waals surface area contributed by atoms with Gasteiger partial charge in [0.25, 0.3) is 0 Å². The molecule has 0 radical (unpaired) electrons. The Bertz CT molecular complexity index is 2530. The number of nitrogens with zero attached hydrogens (tertiary/aromatic N) is 3. The maximum Gasteiger partial charge on any atom is 0.407 e. The van der Waals surface area contributed by atoms with Crippen LogP contribution in [-0.2, 0) is 65.2 Å². The van der Waals surface area contributed by atoms with Gasteiger partial charge in [0.15, 0.2) is 18.7 Å².